The fourth-order valence-electron chi connectivity index (χ4n) is 3.45. The number of nitrogens with two attached hydrogens (primary N) is 1. The lowest BCUT2D eigenvalue weighted by molar-refractivity contribution is -0.146. The molecule has 1 aromatic rings. The number of ether oxygens (including phenoxy) is 3. The molecule has 2 aliphatic heterocycles. The van der Waals surface area contributed by atoms with E-state index >= 15 is 0 Å². The minimum atomic E-state index is -1.89. The summed E-state index contributed by atoms with van der Waals surface area (Å²) in [5.74, 6) is -2.53. The van der Waals surface area contributed by atoms with Crippen molar-refractivity contribution in [3.05, 3.63) is 51.0 Å². The van der Waals surface area contributed by atoms with Crippen molar-refractivity contribution >= 4 is 39.5 Å². The summed E-state index contributed by atoms with van der Waals surface area (Å²) >= 11 is 3.36. The minimum Gasteiger partial charge on any atom is -0.466 e. The standard InChI is InChI=1S/C18H17BrN2O6/c1-4-26-16(23)12-8(2)27-17(24)18(12)10-7-9(19)5-6-11(10)21-14(20)13(18)15(22)25-3/h5-7,21H,4,20H2,1-3H3/t18-/m0/s1. The third-order valence-corrected chi connectivity index (χ3v) is 4.94. The number of halogens is 1. The first-order valence-electron chi connectivity index (χ1n) is 8.05. The van der Waals surface area contributed by atoms with Crippen molar-refractivity contribution in [2.75, 3.05) is 19.0 Å². The maximum atomic E-state index is 13.1. The highest BCUT2D eigenvalue weighted by molar-refractivity contribution is 9.10. The van der Waals surface area contributed by atoms with Crippen LogP contribution in [0.4, 0.5) is 5.69 Å². The molecule has 2 aliphatic rings. The largest absolute Gasteiger partial charge is 0.466 e. The number of carbonyl (C=O) groups is 3. The average Bonchev–Trinajstić information content (AvgIpc) is 2.86. The van der Waals surface area contributed by atoms with Gasteiger partial charge >= 0.3 is 17.9 Å². The number of hydrogen-bond acceptors (Lipinski definition) is 8. The maximum Gasteiger partial charge on any atom is 0.339 e. The number of allylic oxidation sites excluding steroid dienone is 1. The Bertz CT molecular complexity index is 936. The van der Waals surface area contributed by atoms with Gasteiger partial charge in [-0.25, -0.2) is 14.4 Å². The summed E-state index contributed by atoms with van der Waals surface area (Å²) in [5, 5.41) is 2.88. The molecule has 0 amide bonds. The predicted molar refractivity (Wildman–Crippen MR) is 98.1 cm³/mol. The Hall–Kier alpha value is -2.81. The van der Waals surface area contributed by atoms with Gasteiger partial charge in [0.25, 0.3) is 0 Å². The van der Waals surface area contributed by atoms with Crippen LogP contribution in [0.2, 0.25) is 0 Å². The van der Waals surface area contributed by atoms with Gasteiger partial charge in [-0.2, -0.15) is 0 Å². The predicted octanol–water partition coefficient (Wildman–Crippen LogP) is 1.85. The number of cyclic esters (lactones) is 1. The van der Waals surface area contributed by atoms with E-state index in [9.17, 15) is 14.4 Å². The molecule has 0 unspecified atom stereocenters. The molecular formula is C18H17BrN2O6. The van der Waals surface area contributed by atoms with E-state index in [1.807, 2.05) is 0 Å². The van der Waals surface area contributed by atoms with Gasteiger partial charge in [-0.15, -0.1) is 0 Å². The fourth-order valence-corrected chi connectivity index (χ4v) is 3.81. The molecule has 0 fully saturated rings. The summed E-state index contributed by atoms with van der Waals surface area (Å²) in [6.45, 7) is 3.18. The first-order chi connectivity index (χ1) is 12.8. The Kier molecular flexibility index (Phi) is 4.73. The fraction of sp³-hybridized carbons (Fsp3) is 0.278. The first kappa shape index (κ1) is 19.0. The lowest BCUT2D eigenvalue weighted by Crippen LogP contribution is -2.47. The number of fused-ring (bicyclic) bond motifs is 2. The molecule has 27 heavy (non-hydrogen) atoms. The summed E-state index contributed by atoms with van der Waals surface area (Å²) in [7, 11) is 1.16. The molecule has 8 nitrogen and oxygen atoms in total. The Labute approximate surface area is 163 Å². The second kappa shape index (κ2) is 6.73. The third kappa shape index (κ3) is 2.61. The van der Waals surface area contributed by atoms with Crippen LogP contribution >= 0.6 is 15.9 Å². The Morgan fingerprint density at radius 2 is 2.00 bits per heavy atom. The molecule has 2 heterocycles. The van der Waals surface area contributed by atoms with E-state index in [0.717, 1.165) is 7.11 Å². The Morgan fingerprint density at radius 1 is 1.30 bits per heavy atom. The Morgan fingerprint density at radius 3 is 2.63 bits per heavy atom. The van der Waals surface area contributed by atoms with Crippen LogP contribution in [0, 0.1) is 0 Å². The zero-order chi connectivity index (χ0) is 19.9. The molecule has 142 valence electrons. The molecule has 3 rings (SSSR count). The van der Waals surface area contributed by atoms with Crippen LogP contribution in [-0.4, -0.2) is 31.6 Å². The number of anilines is 1. The van der Waals surface area contributed by atoms with Gasteiger partial charge in [0.05, 0.1) is 13.7 Å². The van der Waals surface area contributed by atoms with E-state index in [0.29, 0.717) is 15.7 Å². The van der Waals surface area contributed by atoms with Gasteiger partial charge in [0.15, 0.2) is 5.41 Å². The number of carbonyl (C=O) groups excluding carboxylic acids is 3. The molecule has 3 N–H and O–H groups in total. The topological polar surface area (TPSA) is 117 Å². The summed E-state index contributed by atoms with van der Waals surface area (Å²) in [6, 6.07) is 5.03. The van der Waals surface area contributed by atoms with Crippen LogP contribution in [0.1, 0.15) is 19.4 Å². The quantitative estimate of drug-likeness (QED) is 0.544. The minimum absolute atomic E-state index is 0.0421. The zero-order valence-electron chi connectivity index (χ0n) is 14.8. The van der Waals surface area contributed by atoms with Crippen molar-refractivity contribution in [1.29, 1.82) is 0 Å². The highest BCUT2D eigenvalue weighted by Crippen LogP contribution is 2.53. The van der Waals surface area contributed by atoms with Gasteiger partial charge in [-0.3, -0.25) is 0 Å². The maximum absolute atomic E-state index is 13.1. The summed E-state index contributed by atoms with van der Waals surface area (Å²) < 4.78 is 15.9. The molecular weight excluding hydrogens is 420 g/mol. The van der Waals surface area contributed by atoms with Gasteiger partial charge in [0.2, 0.25) is 0 Å². The second-order valence-electron chi connectivity index (χ2n) is 5.89. The van der Waals surface area contributed by atoms with Crippen molar-refractivity contribution in [2.45, 2.75) is 19.3 Å². The van der Waals surface area contributed by atoms with E-state index < -0.39 is 23.3 Å². The highest BCUT2D eigenvalue weighted by atomic mass is 79.9. The summed E-state index contributed by atoms with van der Waals surface area (Å²) in [6.07, 6.45) is 0. The SMILES string of the molecule is CCOC(=O)C1=C(C)OC(=O)[C@]12C(C(=O)OC)=C(N)Nc1ccc(Br)cc12. The molecule has 0 saturated carbocycles. The van der Waals surface area contributed by atoms with E-state index in [1.54, 1.807) is 25.1 Å². The zero-order valence-corrected chi connectivity index (χ0v) is 16.4. The van der Waals surface area contributed by atoms with E-state index in [2.05, 4.69) is 21.2 Å². The average molecular weight is 437 g/mol. The molecule has 1 aromatic carbocycles. The molecule has 1 spiro atoms. The number of esters is 3. The highest BCUT2D eigenvalue weighted by Gasteiger charge is 2.62. The number of hydrogen-bond donors (Lipinski definition) is 2. The Balaban J connectivity index is 2.43. The number of rotatable bonds is 3. The van der Waals surface area contributed by atoms with Gasteiger partial charge < -0.3 is 25.3 Å². The van der Waals surface area contributed by atoms with Crippen molar-refractivity contribution in [1.82, 2.24) is 0 Å². The number of nitrogens with one attached hydrogen (secondary N) is 1. The van der Waals surface area contributed by atoms with Crippen LogP contribution in [-0.2, 0) is 34.0 Å². The van der Waals surface area contributed by atoms with Gasteiger partial charge in [0, 0.05) is 15.7 Å². The van der Waals surface area contributed by atoms with E-state index in [4.69, 9.17) is 19.9 Å². The van der Waals surface area contributed by atoms with Crippen molar-refractivity contribution < 1.29 is 28.6 Å². The van der Waals surface area contributed by atoms with E-state index in [1.165, 1.54) is 6.92 Å². The molecule has 1 atom stereocenters. The van der Waals surface area contributed by atoms with Gasteiger partial charge in [-0.1, -0.05) is 15.9 Å². The molecule has 0 radical (unpaired) electrons. The second-order valence-corrected chi connectivity index (χ2v) is 6.80. The third-order valence-electron chi connectivity index (χ3n) is 4.45. The summed E-state index contributed by atoms with van der Waals surface area (Å²) in [5.41, 5.74) is 4.65. The smallest absolute Gasteiger partial charge is 0.339 e. The van der Waals surface area contributed by atoms with Crippen LogP contribution in [0.15, 0.2) is 45.4 Å². The molecule has 0 bridgehead atoms. The number of benzene rings is 1. The van der Waals surface area contributed by atoms with Gasteiger partial charge in [-0.05, 0) is 32.0 Å². The monoisotopic (exact) mass is 436 g/mol. The van der Waals surface area contributed by atoms with Crippen LogP contribution in [0.25, 0.3) is 0 Å². The first-order valence-corrected chi connectivity index (χ1v) is 8.84. The van der Waals surface area contributed by atoms with Crippen molar-refractivity contribution in [3.8, 4) is 0 Å². The normalized spacial score (nSPS) is 21.0. The molecule has 0 saturated heterocycles. The van der Waals surface area contributed by atoms with Crippen LogP contribution in [0.3, 0.4) is 0 Å². The van der Waals surface area contributed by atoms with Crippen molar-refractivity contribution in [2.24, 2.45) is 5.73 Å². The molecule has 0 aliphatic carbocycles. The molecule has 9 heteroatoms. The van der Waals surface area contributed by atoms with Gasteiger partial charge in [0.1, 0.15) is 22.7 Å². The molecule has 0 aromatic heterocycles. The lowest BCUT2D eigenvalue weighted by atomic mass is 9.67. The summed E-state index contributed by atoms with van der Waals surface area (Å²) in [4.78, 5) is 38.5. The van der Waals surface area contributed by atoms with Crippen LogP contribution < -0.4 is 11.1 Å². The number of methoxy groups -OCH3 is 1. The van der Waals surface area contributed by atoms with Crippen molar-refractivity contribution in [3.63, 3.8) is 0 Å². The lowest BCUT2D eigenvalue weighted by Gasteiger charge is -2.35. The van der Waals surface area contributed by atoms with Crippen LogP contribution in [0.5, 0.6) is 0 Å². The van der Waals surface area contributed by atoms with E-state index in [-0.39, 0.29) is 29.3 Å².